The predicted octanol–water partition coefficient (Wildman–Crippen LogP) is 3.60. The van der Waals surface area contributed by atoms with Crippen LogP contribution >= 0.6 is 0 Å². The highest BCUT2D eigenvalue weighted by Crippen LogP contribution is 2.28. The summed E-state index contributed by atoms with van der Waals surface area (Å²) in [7, 11) is 3.02. The van der Waals surface area contributed by atoms with Gasteiger partial charge < -0.3 is 13.9 Å². The van der Waals surface area contributed by atoms with Crippen LogP contribution in [-0.4, -0.2) is 14.2 Å². The van der Waals surface area contributed by atoms with E-state index in [2.05, 4.69) is 12.1 Å². The van der Waals surface area contributed by atoms with Gasteiger partial charge in [0.15, 0.2) is 5.76 Å². The average Bonchev–Trinajstić information content (AvgIpc) is 2.60. The van der Waals surface area contributed by atoms with Gasteiger partial charge in [0.2, 0.25) is 11.2 Å². The molecular formula is C19H18O4. The van der Waals surface area contributed by atoms with Gasteiger partial charge in [-0.3, -0.25) is 4.79 Å². The lowest BCUT2D eigenvalue weighted by Gasteiger charge is -2.10. The molecule has 3 rings (SSSR count). The van der Waals surface area contributed by atoms with Crippen LogP contribution in [0.2, 0.25) is 0 Å². The number of fused-ring (bicyclic) bond motifs is 1. The summed E-state index contributed by atoms with van der Waals surface area (Å²) in [6.45, 7) is 0. The highest BCUT2D eigenvalue weighted by molar-refractivity contribution is 5.84. The van der Waals surface area contributed by atoms with Gasteiger partial charge in [0, 0.05) is 6.42 Å². The van der Waals surface area contributed by atoms with Crippen molar-refractivity contribution in [3.8, 4) is 11.5 Å². The highest BCUT2D eigenvalue weighted by Gasteiger charge is 2.17. The van der Waals surface area contributed by atoms with Gasteiger partial charge in [0.1, 0.15) is 16.7 Å². The molecule has 118 valence electrons. The highest BCUT2D eigenvalue weighted by atomic mass is 16.5. The average molecular weight is 310 g/mol. The van der Waals surface area contributed by atoms with Gasteiger partial charge in [-0.15, -0.1) is 0 Å². The van der Waals surface area contributed by atoms with Crippen molar-refractivity contribution in [3.63, 3.8) is 0 Å². The quantitative estimate of drug-likeness (QED) is 0.722. The van der Waals surface area contributed by atoms with E-state index in [0.717, 1.165) is 6.42 Å². The lowest BCUT2D eigenvalue weighted by atomic mass is 10.1. The first-order valence-corrected chi connectivity index (χ1v) is 7.45. The van der Waals surface area contributed by atoms with Gasteiger partial charge in [-0.05, 0) is 24.1 Å². The lowest BCUT2D eigenvalue weighted by molar-refractivity contribution is 0.375. The van der Waals surface area contributed by atoms with Crippen LogP contribution in [0.4, 0.5) is 0 Å². The Labute approximate surface area is 134 Å². The molecule has 0 atom stereocenters. The van der Waals surface area contributed by atoms with Crippen LogP contribution in [0.25, 0.3) is 11.0 Å². The van der Waals surface area contributed by atoms with Gasteiger partial charge in [0.25, 0.3) is 0 Å². The summed E-state index contributed by atoms with van der Waals surface area (Å²) in [5.74, 6) is 1.30. The second-order valence-electron chi connectivity index (χ2n) is 5.21. The molecule has 4 nitrogen and oxygen atoms in total. The van der Waals surface area contributed by atoms with Crippen molar-refractivity contribution in [2.75, 3.05) is 14.2 Å². The number of methoxy groups -OCH3 is 2. The summed E-state index contributed by atoms with van der Waals surface area (Å²) in [6.07, 6.45) is 1.37. The molecular weight excluding hydrogens is 292 g/mol. The summed E-state index contributed by atoms with van der Waals surface area (Å²) >= 11 is 0. The fourth-order valence-corrected chi connectivity index (χ4v) is 2.68. The van der Waals surface area contributed by atoms with E-state index >= 15 is 0 Å². The Bertz CT molecular complexity index is 866. The molecule has 2 aromatic carbocycles. The third-order valence-electron chi connectivity index (χ3n) is 3.82. The molecule has 0 N–H and O–H groups in total. The van der Waals surface area contributed by atoms with E-state index < -0.39 is 0 Å². The Balaban J connectivity index is 2.05. The Kier molecular flexibility index (Phi) is 4.33. The van der Waals surface area contributed by atoms with Crippen molar-refractivity contribution in [1.29, 1.82) is 0 Å². The molecule has 0 unspecified atom stereocenters. The molecule has 0 radical (unpaired) electrons. The number of aryl methyl sites for hydroxylation is 2. The Morgan fingerprint density at radius 2 is 1.70 bits per heavy atom. The third kappa shape index (κ3) is 2.93. The second-order valence-corrected chi connectivity index (χ2v) is 5.21. The van der Waals surface area contributed by atoms with Crippen LogP contribution < -0.4 is 14.9 Å². The van der Waals surface area contributed by atoms with Gasteiger partial charge in [-0.1, -0.05) is 36.4 Å². The number of rotatable bonds is 5. The van der Waals surface area contributed by atoms with Crippen molar-refractivity contribution < 1.29 is 13.9 Å². The molecule has 0 aliphatic rings. The molecule has 0 saturated heterocycles. The molecule has 0 amide bonds. The van der Waals surface area contributed by atoms with Crippen LogP contribution in [0.1, 0.15) is 11.3 Å². The lowest BCUT2D eigenvalue weighted by Crippen LogP contribution is -2.11. The Morgan fingerprint density at radius 1 is 0.913 bits per heavy atom. The molecule has 0 fully saturated rings. The molecule has 1 aromatic heterocycles. The first-order valence-electron chi connectivity index (χ1n) is 7.45. The summed E-state index contributed by atoms with van der Waals surface area (Å²) in [5, 5.41) is 0.412. The van der Waals surface area contributed by atoms with Gasteiger partial charge in [0.05, 0.1) is 14.2 Å². The summed E-state index contributed by atoms with van der Waals surface area (Å²) in [5.41, 5.74) is 1.50. The van der Waals surface area contributed by atoms with Crippen molar-refractivity contribution in [2.24, 2.45) is 0 Å². The molecule has 3 aromatic rings. The van der Waals surface area contributed by atoms with Crippen LogP contribution in [0, 0.1) is 0 Å². The van der Waals surface area contributed by atoms with Crippen molar-refractivity contribution in [1.82, 2.24) is 0 Å². The maximum atomic E-state index is 12.7. The first-order chi connectivity index (χ1) is 11.2. The summed E-state index contributed by atoms with van der Waals surface area (Å²) in [4.78, 5) is 12.7. The van der Waals surface area contributed by atoms with E-state index in [4.69, 9.17) is 13.9 Å². The van der Waals surface area contributed by atoms with Crippen molar-refractivity contribution in [2.45, 2.75) is 12.8 Å². The van der Waals surface area contributed by atoms with Crippen LogP contribution in [0.3, 0.4) is 0 Å². The largest absolute Gasteiger partial charge is 0.496 e. The first kappa shape index (κ1) is 15.2. The Morgan fingerprint density at radius 3 is 2.39 bits per heavy atom. The van der Waals surface area contributed by atoms with E-state index in [0.29, 0.717) is 28.9 Å². The standard InChI is InChI=1S/C19H18O4/c1-21-14-9-6-10-15-17(14)18(20)19(22-2)16(23-15)12-11-13-7-4-3-5-8-13/h3-10H,11-12H2,1-2H3. The predicted molar refractivity (Wildman–Crippen MR) is 89.4 cm³/mol. The molecule has 0 spiro atoms. The minimum atomic E-state index is -0.200. The maximum Gasteiger partial charge on any atom is 0.238 e. The zero-order chi connectivity index (χ0) is 16.2. The topological polar surface area (TPSA) is 48.7 Å². The van der Waals surface area contributed by atoms with Crippen LogP contribution in [0.5, 0.6) is 11.5 Å². The van der Waals surface area contributed by atoms with Crippen LogP contribution in [-0.2, 0) is 12.8 Å². The van der Waals surface area contributed by atoms with Crippen molar-refractivity contribution >= 4 is 11.0 Å². The van der Waals surface area contributed by atoms with Gasteiger partial charge >= 0.3 is 0 Å². The molecule has 0 aliphatic heterocycles. The zero-order valence-corrected chi connectivity index (χ0v) is 13.2. The Hall–Kier alpha value is -2.75. The molecule has 0 aliphatic carbocycles. The van der Waals surface area contributed by atoms with Gasteiger partial charge in [-0.25, -0.2) is 0 Å². The molecule has 23 heavy (non-hydrogen) atoms. The van der Waals surface area contributed by atoms with Crippen molar-refractivity contribution in [3.05, 3.63) is 70.1 Å². The van der Waals surface area contributed by atoms with Crippen LogP contribution in [0.15, 0.2) is 57.7 Å². The van der Waals surface area contributed by atoms with Gasteiger partial charge in [-0.2, -0.15) is 0 Å². The maximum absolute atomic E-state index is 12.7. The monoisotopic (exact) mass is 310 g/mol. The summed E-state index contributed by atoms with van der Waals surface area (Å²) < 4.78 is 16.5. The van der Waals surface area contributed by atoms with E-state index in [9.17, 15) is 4.79 Å². The molecule has 0 saturated carbocycles. The number of ether oxygens (including phenoxy) is 2. The fourth-order valence-electron chi connectivity index (χ4n) is 2.68. The minimum Gasteiger partial charge on any atom is -0.496 e. The normalized spacial score (nSPS) is 10.7. The SMILES string of the molecule is COc1c(CCc2ccccc2)oc2cccc(OC)c2c1=O. The number of hydrogen-bond acceptors (Lipinski definition) is 4. The fraction of sp³-hybridized carbons (Fsp3) is 0.211. The number of benzene rings is 2. The molecule has 1 heterocycles. The minimum absolute atomic E-state index is 0.200. The zero-order valence-electron chi connectivity index (χ0n) is 13.2. The molecule has 4 heteroatoms. The van der Waals surface area contributed by atoms with E-state index in [1.807, 2.05) is 18.2 Å². The second kappa shape index (κ2) is 6.57. The van der Waals surface area contributed by atoms with E-state index in [1.54, 1.807) is 18.2 Å². The van der Waals surface area contributed by atoms with E-state index in [-0.39, 0.29) is 11.2 Å². The smallest absolute Gasteiger partial charge is 0.238 e. The number of hydrogen-bond donors (Lipinski definition) is 0. The third-order valence-corrected chi connectivity index (χ3v) is 3.82. The van der Waals surface area contributed by atoms with E-state index in [1.165, 1.54) is 19.8 Å². The summed E-state index contributed by atoms with van der Waals surface area (Å²) in [6, 6.07) is 15.4. The molecule has 0 bridgehead atoms.